The van der Waals surface area contributed by atoms with Crippen LogP contribution >= 0.6 is 0 Å². The molecule has 1 fully saturated rings. The van der Waals surface area contributed by atoms with Crippen molar-refractivity contribution in [3.05, 3.63) is 24.0 Å². The van der Waals surface area contributed by atoms with E-state index in [1.807, 2.05) is 6.07 Å². The fourth-order valence-corrected chi connectivity index (χ4v) is 1.97. The first-order valence-electron chi connectivity index (χ1n) is 6.13. The van der Waals surface area contributed by atoms with Crippen molar-refractivity contribution in [2.24, 2.45) is 5.92 Å². The smallest absolute Gasteiger partial charge is 0.269 e. The van der Waals surface area contributed by atoms with Gasteiger partial charge in [0.15, 0.2) is 0 Å². The highest BCUT2D eigenvalue weighted by atomic mass is 16.1. The molecule has 0 radical (unpaired) electrons. The van der Waals surface area contributed by atoms with Crippen molar-refractivity contribution in [2.75, 3.05) is 12.4 Å². The summed E-state index contributed by atoms with van der Waals surface area (Å²) < 4.78 is 0. The minimum Gasteiger partial charge on any atom is -0.382 e. The molecule has 17 heavy (non-hydrogen) atoms. The summed E-state index contributed by atoms with van der Waals surface area (Å²) in [7, 11) is 1.61. The van der Waals surface area contributed by atoms with Gasteiger partial charge in [-0.3, -0.25) is 9.78 Å². The Morgan fingerprint density at radius 3 is 3.00 bits per heavy atom. The molecule has 1 aliphatic rings. The van der Waals surface area contributed by atoms with Crippen molar-refractivity contribution in [1.29, 1.82) is 0 Å². The molecule has 92 valence electrons. The van der Waals surface area contributed by atoms with Crippen molar-refractivity contribution < 1.29 is 4.79 Å². The van der Waals surface area contributed by atoms with Gasteiger partial charge in [-0.15, -0.1) is 0 Å². The number of hydrogen-bond acceptors (Lipinski definition) is 3. The highest BCUT2D eigenvalue weighted by molar-refractivity contribution is 5.92. The molecule has 4 nitrogen and oxygen atoms in total. The summed E-state index contributed by atoms with van der Waals surface area (Å²) in [5.74, 6) is 0.751. The molecule has 1 unspecified atom stereocenters. The van der Waals surface area contributed by atoms with Gasteiger partial charge in [0.25, 0.3) is 5.91 Å². The SMILES string of the molecule is CNC(=O)c1cc(NC(C)CC2CC2)ccn1. The third-order valence-electron chi connectivity index (χ3n) is 3.02. The Kier molecular flexibility index (Phi) is 3.61. The highest BCUT2D eigenvalue weighted by Gasteiger charge is 2.23. The Balaban J connectivity index is 1.97. The van der Waals surface area contributed by atoms with Gasteiger partial charge in [-0.1, -0.05) is 12.8 Å². The average Bonchev–Trinajstić information content (AvgIpc) is 3.12. The molecule has 0 spiro atoms. The van der Waals surface area contributed by atoms with E-state index in [9.17, 15) is 4.79 Å². The largest absolute Gasteiger partial charge is 0.382 e. The zero-order valence-corrected chi connectivity index (χ0v) is 10.4. The fourth-order valence-electron chi connectivity index (χ4n) is 1.97. The molecule has 1 aromatic rings. The van der Waals surface area contributed by atoms with Gasteiger partial charge >= 0.3 is 0 Å². The molecule has 4 heteroatoms. The molecule has 1 saturated carbocycles. The fraction of sp³-hybridized carbons (Fsp3) is 0.538. The molecule has 1 heterocycles. The molecular formula is C13H19N3O. The summed E-state index contributed by atoms with van der Waals surface area (Å²) in [6.45, 7) is 2.18. The Morgan fingerprint density at radius 2 is 2.35 bits per heavy atom. The molecule has 1 aromatic heterocycles. The number of rotatable bonds is 5. The van der Waals surface area contributed by atoms with Crippen LogP contribution in [0.1, 0.15) is 36.7 Å². The van der Waals surface area contributed by atoms with E-state index < -0.39 is 0 Å². The highest BCUT2D eigenvalue weighted by Crippen LogP contribution is 2.34. The van der Waals surface area contributed by atoms with E-state index in [2.05, 4.69) is 22.5 Å². The molecule has 0 bridgehead atoms. The second-order valence-corrected chi connectivity index (χ2v) is 4.73. The average molecular weight is 233 g/mol. The maximum atomic E-state index is 11.4. The van der Waals surface area contributed by atoms with Crippen LogP contribution in [0.2, 0.25) is 0 Å². The number of amides is 1. The summed E-state index contributed by atoms with van der Waals surface area (Å²) in [6.07, 6.45) is 5.60. The van der Waals surface area contributed by atoms with Crippen LogP contribution in [0.4, 0.5) is 5.69 Å². The van der Waals surface area contributed by atoms with Crippen molar-refractivity contribution in [2.45, 2.75) is 32.2 Å². The lowest BCUT2D eigenvalue weighted by Crippen LogP contribution is -2.20. The van der Waals surface area contributed by atoms with E-state index >= 15 is 0 Å². The normalized spacial score (nSPS) is 16.4. The zero-order chi connectivity index (χ0) is 12.3. The molecule has 0 aromatic carbocycles. The topological polar surface area (TPSA) is 54.0 Å². The van der Waals surface area contributed by atoms with E-state index in [0.717, 1.165) is 11.6 Å². The van der Waals surface area contributed by atoms with Crippen LogP contribution in [-0.2, 0) is 0 Å². The van der Waals surface area contributed by atoms with Crippen LogP contribution in [0.5, 0.6) is 0 Å². The van der Waals surface area contributed by atoms with E-state index in [4.69, 9.17) is 0 Å². The molecule has 0 saturated heterocycles. The van der Waals surface area contributed by atoms with Crippen molar-refractivity contribution >= 4 is 11.6 Å². The van der Waals surface area contributed by atoms with Crippen molar-refractivity contribution in [1.82, 2.24) is 10.3 Å². The lowest BCUT2D eigenvalue weighted by molar-refractivity contribution is 0.0958. The minimum atomic E-state index is -0.150. The van der Waals surface area contributed by atoms with Gasteiger partial charge in [0.05, 0.1) is 0 Å². The second kappa shape index (κ2) is 5.17. The predicted octanol–water partition coefficient (Wildman–Crippen LogP) is 2.04. The minimum absolute atomic E-state index is 0.150. The Labute approximate surface area is 102 Å². The number of hydrogen-bond donors (Lipinski definition) is 2. The molecule has 1 atom stereocenters. The number of nitrogens with zero attached hydrogens (tertiary/aromatic N) is 1. The monoisotopic (exact) mass is 233 g/mol. The van der Waals surface area contributed by atoms with Gasteiger partial charge in [-0.05, 0) is 31.4 Å². The molecule has 0 aliphatic heterocycles. The van der Waals surface area contributed by atoms with Crippen molar-refractivity contribution in [3.63, 3.8) is 0 Å². The third-order valence-corrected chi connectivity index (χ3v) is 3.02. The maximum Gasteiger partial charge on any atom is 0.269 e. The number of anilines is 1. The first-order valence-corrected chi connectivity index (χ1v) is 6.13. The maximum absolute atomic E-state index is 11.4. The summed E-state index contributed by atoms with van der Waals surface area (Å²) >= 11 is 0. The standard InChI is InChI=1S/C13H19N3O/c1-9(7-10-3-4-10)16-11-5-6-15-12(8-11)13(17)14-2/h5-6,8-10H,3-4,7H2,1-2H3,(H,14,17)(H,15,16). The van der Waals surface area contributed by atoms with Gasteiger partial charge in [-0.25, -0.2) is 0 Å². The van der Waals surface area contributed by atoms with Crippen molar-refractivity contribution in [3.8, 4) is 0 Å². The third kappa shape index (κ3) is 3.44. The molecular weight excluding hydrogens is 214 g/mol. The van der Waals surface area contributed by atoms with Crippen LogP contribution in [0.15, 0.2) is 18.3 Å². The number of nitrogens with one attached hydrogen (secondary N) is 2. The lowest BCUT2D eigenvalue weighted by atomic mass is 10.1. The lowest BCUT2D eigenvalue weighted by Gasteiger charge is -2.15. The van der Waals surface area contributed by atoms with Crippen LogP contribution in [0.25, 0.3) is 0 Å². The molecule has 2 N–H and O–H groups in total. The number of aromatic nitrogens is 1. The summed E-state index contributed by atoms with van der Waals surface area (Å²) in [4.78, 5) is 15.5. The van der Waals surface area contributed by atoms with Crippen LogP contribution in [0.3, 0.4) is 0 Å². The van der Waals surface area contributed by atoms with Crippen LogP contribution in [-0.4, -0.2) is 24.0 Å². The summed E-state index contributed by atoms with van der Waals surface area (Å²) in [5.41, 5.74) is 1.42. The number of carbonyl (C=O) groups is 1. The Bertz CT molecular complexity index is 401. The summed E-state index contributed by atoms with van der Waals surface area (Å²) in [5, 5.41) is 5.99. The van der Waals surface area contributed by atoms with Crippen LogP contribution < -0.4 is 10.6 Å². The van der Waals surface area contributed by atoms with E-state index in [1.165, 1.54) is 19.3 Å². The quantitative estimate of drug-likeness (QED) is 0.818. The van der Waals surface area contributed by atoms with Gasteiger partial charge in [0, 0.05) is 25.0 Å². The second-order valence-electron chi connectivity index (χ2n) is 4.73. The first-order chi connectivity index (χ1) is 8.19. The molecule has 1 amide bonds. The Morgan fingerprint density at radius 1 is 1.59 bits per heavy atom. The summed E-state index contributed by atoms with van der Waals surface area (Å²) in [6, 6.07) is 4.14. The Hall–Kier alpha value is -1.58. The molecule has 1 aliphatic carbocycles. The number of carbonyl (C=O) groups excluding carboxylic acids is 1. The zero-order valence-electron chi connectivity index (χ0n) is 10.4. The van der Waals surface area contributed by atoms with E-state index in [1.54, 1.807) is 19.3 Å². The predicted molar refractivity (Wildman–Crippen MR) is 68.1 cm³/mol. The number of pyridine rings is 1. The van der Waals surface area contributed by atoms with E-state index in [-0.39, 0.29) is 5.91 Å². The van der Waals surface area contributed by atoms with Gasteiger partial charge in [0.2, 0.25) is 0 Å². The first kappa shape index (κ1) is 11.9. The van der Waals surface area contributed by atoms with Gasteiger partial charge < -0.3 is 10.6 Å². The van der Waals surface area contributed by atoms with Gasteiger partial charge in [0.1, 0.15) is 5.69 Å². The van der Waals surface area contributed by atoms with E-state index in [0.29, 0.717) is 11.7 Å². The molecule has 2 rings (SSSR count). The van der Waals surface area contributed by atoms with Crippen LogP contribution in [0, 0.1) is 5.92 Å². The van der Waals surface area contributed by atoms with Gasteiger partial charge in [-0.2, -0.15) is 0 Å².